The Morgan fingerprint density at radius 2 is 0.633 bits per heavy atom. The lowest BCUT2D eigenvalue weighted by atomic mass is 10.00. The Kier molecular flexibility index (Phi) is 14.2. The second-order valence-corrected chi connectivity index (χ2v) is 19.2. The van der Waals surface area contributed by atoms with E-state index in [1.807, 2.05) is 67.2 Å². The van der Waals surface area contributed by atoms with Crippen LogP contribution < -0.4 is 14.2 Å². The highest BCUT2D eigenvalue weighted by Crippen LogP contribution is 2.19. The predicted molar refractivity (Wildman–Crippen MR) is 197 cm³/mol. The second kappa shape index (κ2) is 17.0. The summed E-state index contributed by atoms with van der Waals surface area (Å²) < 4.78 is 89.8. The van der Waals surface area contributed by atoms with E-state index in [1.165, 1.54) is 0 Å². The zero-order chi connectivity index (χ0) is 36.7. The van der Waals surface area contributed by atoms with Gasteiger partial charge in [0.2, 0.25) is 30.1 Å². The van der Waals surface area contributed by atoms with Crippen molar-refractivity contribution in [3.05, 3.63) is 89.5 Å². The normalized spacial score (nSPS) is 14.9. The summed E-state index contributed by atoms with van der Waals surface area (Å²) in [6.45, 7) is 17.8. The molecule has 0 bridgehead atoms. The fourth-order valence-electron chi connectivity index (χ4n) is 5.16. The van der Waals surface area contributed by atoms with E-state index < -0.39 is 48.2 Å². The standard InChI is InChI=1S/C36H54N4O6S3/c1-25(2)34(37-47(41,42)31-16-10-28(7)11-17-31)22-40(23-35(26(3)4)38-48(43,44)32-18-12-29(8)13-19-32)24-36(27(5)6)39-49(45,46)33-20-14-30(9)15-21-33/h10-21,25-27,34-39H,22-24H2,1-9H3. The smallest absolute Gasteiger partial charge is 0.240 e. The topological polar surface area (TPSA) is 142 Å². The fraction of sp³-hybridized carbons (Fsp3) is 0.500. The molecule has 13 heteroatoms. The molecule has 3 atom stereocenters. The maximum absolute atomic E-state index is 13.5. The highest BCUT2D eigenvalue weighted by Gasteiger charge is 2.32. The van der Waals surface area contributed by atoms with Crippen molar-refractivity contribution in [2.24, 2.45) is 17.8 Å². The average molecular weight is 735 g/mol. The van der Waals surface area contributed by atoms with Crippen molar-refractivity contribution in [1.82, 2.24) is 19.1 Å². The maximum atomic E-state index is 13.5. The Hall–Kier alpha value is -2.65. The Morgan fingerprint density at radius 1 is 0.429 bits per heavy atom. The first-order valence-electron chi connectivity index (χ1n) is 16.7. The van der Waals surface area contributed by atoms with Crippen LogP contribution in [0.15, 0.2) is 87.5 Å². The minimum absolute atomic E-state index is 0.145. The van der Waals surface area contributed by atoms with Gasteiger partial charge < -0.3 is 0 Å². The molecule has 0 saturated heterocycles. The third-order valence-electron chi connectivity index (χ3n) is 8.69. The molecule has 0 heterocycles. The number of nitrogens with zero attached hydrogens (tertiary/aromatic N) is 1. The van der Waals surface area contributed by atoms with Gasteiger partial charge in [-0.2, -0.15) is 0 Å². The highest BCUT2D eigenvalue weighted by molar-refractivity contribution is 7.90. The van der Waals surface area contributed by atoms with E-state index in [9.17, 15) is 25.3 Å². The van der Waals surface area contributed by atoms with Crippen LogP contribution >= 0.6 is 0 Å². The monoisotopic (exact) mass is 734 g/mol. The first-order chi connectivity index (χ1) is 22.7. The molecule has 0 amide bonds. The summed E-state index contributed by atoms with van der Waals surface area (Å²) in [6, 6.07) is 18.1. The molecule has 3 aromatic rings. The molecule has 0 fully saturated rings. The Morgan fingerprint density at radius 3 is 0.816 bits per heavy atom. The van der Waals surface area contributed by atoms with Gasteiger partial charge in [-0.25, -0.2) is 39.4 Å². The minimum Gasteiger partial charge on any atom is -0.299 e. The molecule has 0 spiro atoms. The van der Waals surface area contributed by atoms with Gasteiger partial charge in [-0.05, 0) is 74.9 Å². The number of sulfonamides is 3. The van der Waals surface area contributed by atoms with Crippen LogP contribution in [0.2, 0.25) is 0 Å². The van der Waals surface area contributed by atoms with Gasteiger partial charge in [0.1, 0.15) is 0 Å². The summed E-state index contributed by atoms with van der Waals surface area (Å²) in [6.07, 6.45) is 0. The number of hydrogen-bond donors (Lipinski definition) is 3. The largest absolute Gasteiger partial charge is 0.299 e. The molecule has 0 aliphatic carbocycles. The first-order valence-corrected chi connectivity index (χ1v) is 21.1. The van der Waals surface area contributed by atoms with E-state index in [0.29, 0.717) is 0 Å². The van der Waals surface area contributed by atoms with Crippen LogP contribution in [0.5, 0.6) is 0 Å². The van der Waals surface area contributed by atoms with Crippen molar-refractivity contribution in [3.63, 3.8) is 0 Å². The molecule has 10 nitrogen and oxygen atoms in total. The lowest BCUT2D eigenvalue weighted by molar-refractivity contribution is 0.175. The van der Waals surface area contributed by atoms with E-state index in [0.717, 1.165) is 16.7 Å². The van der Waals surface area contributed by atoms with Crippen molar-refractivity contribution < 1.29 is 25.3 Å². The summed E-state index contributed by atoms with van der Waals surface area (Å²) >= 11 is 0. The van der Waals surface area contributed by atoms with Crippen molar-refractivity contribution in [1.29, 1.82) is 0 Å². The van der Waals surface area contributed by atoms with Gasteiger partial charge in [0.25, 0.3) is 0 Å². The minimum atomic E-state index is -3.89. The zero-order valence-electron chi connectivity index (χ0n) is 30.1. The predicted octanol–water partition coefficient (Wildman–Crippen LogP) is 5.22. The third kappa shape index (κ3) is 12.0. The van der Waals surface area contributed by atoms with Crippen LogP contribution in [-0.4, -0.2) is 67.9 Å². The number of hydrogen-bond acceptors (Lipinski definition) is 7. The summed E-state index contributed by atoms with van der Waals surface area (Å²) in [7, 11) is -11.7. The van der Waals surface area contributed by atoms with Gasteiger partial charge in [-0.15, -0.1) is 0 Å². The lowest BCUT2D eigenvalue weighted by Crippen LogP contribution is -2.55. The SMILES string of the molecule is Cc1ccc(S(=O)(=O)NC(CN(CC(NS(=O)(=O)c2ccc(C)cc2)C(C)C)CC(NS(=O)(=O)c2ccc(C)cc2)C(C)C)C(C)C)cc1. The third-order valence-corrected chi connectivity index (χ3v) is 13.2. The molecular weight excluding hydrogens is 681 g/mol. The van der Waals surface area contributed by atoms with E-state index >= 15 is 0 Å². The van der Waals surface area contributed by atoms with Crippen molar-refractivity contribution in [3.8, 4) is 0 Å². The molecule has 0 aromatic heterocycles. The lowest BCUT2D eigenvalue weighted by Gasteiger charge is -2.37. The van der Waals surface area contributed by atoms with Gasteiger partial charge in [0, 0.05) is 37.8 Å². The highest BCUT2D eigenvalue weighted by atomic mass is 32.2. The number of rotatable bonds is 18. The molecule has 272 valence electrons. The Balaban J connectivity index is 1.99. The van der Waals surface area contributed by atoms with Crippen LogP contribution in [-0.2, 0) is 30.1 Å². The molecule has 3 unspecified atom stereocenters. The number of benzene rings is 3. The van der Waals surface area contributed by atoms with Crippen molar-refractivity contribution in [2.45, 2.75) is 95.1 Å². The molecule has 0 aliphatic rings. The Bertz CT molecular complexity index is 1610. The van der Waals surface area contributed by atoms with Crippen LogP contribution in [0.3, 0.4) is 0 Å². The quantitative estimate of drug-likeness (QED) is 0.163. The number of nitrogens with one attached hydrogen (secondary N) is 3. The molecular formula is C36H54N4O6S3. The molecule has 0 saturated carbocycles. The van der Waals surface area contributed by atoms with E-state index in [1.54, 1.807) is 72.8 Å². The van der Waals surface area contributed by atoms with Gasteiger partial charge >= 0.3 is 0 Å². The van der Waals surface area contributed by atoms with E-state index in [-0.39, 0.29) is 52.1 Å². The Labute approximate surface area is 295 Å². The van der Waals surface area contributed by atoms with Crippen LogP contribution in [0.1, 0.15) is 58.2 Å². The molecule has 3 N–H and O–H groups in total. The van der Waals surface area contributed by atoms with Crippen molar-refractivity contribution in [2.75, 3.05) is 19.6 Å². The summed E-state index contributed by atoms with van der Waals surface area (Å²) in [5, 5.41) is 0. The second-order valence-electron chi connectivity index (χ2n) is 14.1. The summed E-state index contributed by atoms with van der Waals surface area (Å²) in [4.78, 5) is 2.40. The van der Waals surface area contributed by atoms with Gasteiger partial charge in [0.15, 0.2) is 0 Å². The maximum Gasteiger partial charge on any atom is 0.240 e. The van der Waals surface area contributed by atoms with Crippen LogP contribution in [0.4, 0.5) is 0 Å². The molecule has 49 heavy (non-hydrogen) atoms. The molecule has 3 aromatic carbocycles. The first kappa shape index (κ1) is 40.8. The summed E-state index contributed by atoms with van der Waals surface area (Å²) in [5.41, 5.74) is 2.81. The van der Waals surface area contributed by atoms with Crippen LogP contribution in [0.25, 0.3) is 0 Å². The molecule has 0 aliphatic heterocycles. The number of aryl methyl sites for hydroxylation is 3. The van der Waals surface area contributed by atoms with Crippen molar-refractivity contribution >= 4 is 30.1 Å². The van der Waals surface area contributed by atoms with Gasteiger partial charge in [-0.3, -0.25) is 4.90 Å². The average Bonchev–Trinajstić information content (AvgIpc) is 3.00. The van der Waals surface area contributed by atoms with E-state index in [4.69, 9.17) is 0 Å². The fourth-order valence-corrected chi connectivity index (χ4v) is 9.29. The van der Waals surface area contributed by atoms with Gasteiger partial charge in [0.05, 0.1) is 14.7 Å². The van der Waals surface area contributed by atoms with Gasteiger partial charge in [-0.1, -0.05) is 94.6 Å². The zero-order valence-corrected chi connectivity index (χ0v) is 32.6. The van der Waals surface area contributed by atoms with Crippen LogP contribution in [0, 0.1) is 38.5 Å². The summed E-state index contributed by atoms with van der Waals surface area (Å²) in [5.74, 6) is -0.441. The van der Waals surface area contributed by atoms with E-state index in [2.05, 4.69) is 14.2 Å². The molecule has 0 radical (unpaired) electrons. The molecule has 3 rings (SSSR count).